The molecule has 0 saturated carbocycles. The largest absolute Gasteiger partial charge is 0.492 e. The van der Waals surface area contributed by atoms with Crippen LogP contribution in [0.15, 0.2) is 53.6 Å². The summed E-state index contributed by atoms with van der Waals surface area (Å²) in [5.41, 5.74) is 0.416. The van der Waals surface area contributed by atoms with Gasteiger partial charge in [0.2, 0.25) is 0 Å². The molecule has 2 aromatic carbocycles. The first-order chi connectivity index (χ1) is 12.1. The van der Waals surface area contributed by atoms with Crippen molar-refractivity contribution in [2.45, 2.75) is 6.54 Å². The molecule has 124 valence electrons. The second kappa shape index (κ2) is 6.80. The van der Waals surface area contributed by atoms with E-state index >= 15 is 0 Å². The summed E-state index contributed by atoms with van der Waals surface area (Å²) in [6.45, 7) is 0.457. The van der Waals surface area contributed by atoms with Crippen LogP contribution < -0.4 is 10.3 Å². The van der Waals surface area contributed by atoms with Gasteiger partial charge in [0.05, 0.1) is 40.3 Å². The lowest BCUT2D eigenvalue weighted by Crippen LogP contribution is -2.23. The van der Waals surface area contributed by atoms with Crippen LogP contribution in [-0.2, 0) is 6.54 Å². The Bertz CT molecular complexity index is 1040. The number of nitriles is 1. The molecule has 0 amide bonds. The summed E-state index contributed by atoms with van der Waals surface area (Å²) in [6, 6.07) is 12.6. The van der Waals surface area contributed by atoms with Crippen LogP contribution in [0, 0.1) is 21.4 Å². The summed E-state index contributed by atoms with van der Waals surface area (Å²) >= 11 is 0. The molecule has 0 aliphatic rings. The molecular formula is C17H12N4O4. The number of nitrogens with zero attached hydrogens (tertiary/aromatic N) is 4. The molecule has 0 unspecified atom stereocenters. The third-order valence-corrected chi connectivity index (χ3v) is 3.60. The van der Waals surface area contributed by atoms with E-state index in [9.17, 15) is 14.9 Å². The van der Waals surface area contributed by atoms with E-state index in [0.717, 1.165) is 0 Å². The summed E-state index contributed by atoms with van der Waals surface area (Å²) in [7, 11) is 0. The van der Waals surface area contributed by atoms with Gasteiger partial charge < -0.3 is 4.74 Å². The molecule has 0 N–H and O–H groups in total. The highest BCUT2D eigenvalue weighted by molar-refractivity contribution is 5.79. The van der Waals surface area contributed by atoms with Crippen molar-refractivity contribution in [3.63, 3.8) is 0 Å². The molecule has 3 aromatic rings. The van der Waals surface area contributed by atoms with Crippen molar-refractivity contribution in [3.05, 3.63) is 74.8 Å². The van der Waals surface area contributed by atoms with E-state index in [1.54, 1.807) is 24.3 Å². The molecule has 0 aliphatic heterocycles. The molecule has 1 heterocycles. The van der Waals surface area contributed by atoms with Crippen LogP contribution in [0.5, 0.6) is 5.75 Å². The van der Waals surface area contributed by atoms with E-state index < -0.39 is 4.92 Å². The maximum Gasteiger partial charge on any atom is 0.270 e. The minimum atomic E-state index is -0.551. The van der Waals surface area contributed by atoms with Crippen LogP contribution in [0.1, 0.15) is 5.56 Å². The van der Waals surface area contributed by atoms with Gasteiger partial charge in [-0.2, -0.15) is 5.26 Å². The number of benzene rings is 2. The van der Waals surface area contributed by atoms with Crippen molar-refractivity contribution in [2.24, 2.45) is 0 Å². The Kier molecular flexibility index (Phi) is 4.39. The van der Waals surface area contributed by atoms with Gasteiger partial charge in [-0.05, 0) is 30.3 Å². The molecule has 8 nitrogen and oxygen atoms in total. The van der Waals surface area contributed by atoms with Gasteiger partial charge >= 0.3 is 0 Å². The molecule has 8 heteroatoms. The average Bonchev–Trinajstić information content (AvgIpc) is 2.64. The Labute approximate surface area is 141 Å². The molecule has 0 fully saturated rings. The van der Waals surface area contributed by atoms with Gasteiger partial charge in [-0.15, -0.1) is 0 Å². The van der Waals surface area contributed by atoms with Gasteiger partial charge in [-0.1, -0.05) is 0 Å². The van der Waals surface area contributed by atoms with Gasteiger partial charge in [-0.3, -0.25) is 19.5 Å². The number of aromatic nitrogens is 2. The number of rotatable bonds is 5. The van der Waals surface area contributed by atoms with Crippen LogP contribution >= 0.6 is 0 Å². The number of ether oxygens (including phenoxy) is 1. The van der Waals surface area contributed by atoms with Crippen molar-refractivity contribution in [1.29, 1.82) is 5.26 Å². The van der Waals surface area contributed by atoms with Crippen molar-refractivity contribution < 1.29 is 9.66 Å². The van der Waals surface area contributed by atoms with E-state index in [1.165, 1.54) is 29.1 Å². The Morgan fingerprint density at radius 1 is 1.24 bits per heavy atom. The summed E-state index contributed by atoms with van der Waals surface area (Å²) < 4.78 is 6.88. The molecule has 0 aliphatic carbocycles. The highest BCUT2D eigenvalue weighted by Crippen LogP contribution is 2.16. The minimum Gasteiger partial charge on any atom is -0.492 e. The van der Waals surface area contributed by atoms with E-state index in [0.29, 0.717) is 16.8 Å². The number of hydrogen-bond acceptors (Lipinski definition) is 6. The van der Waals surface area contributed by atoms with Gasteiger partial charge in [0, 0.05) is 12.1 Å². The predicted octanol–water partition coefficient (Wildman–Crippen LogP) is 2.26. The zero-order valence-corrected chi connectivity index (χ0v) is 13.0. The van der Waals surface area contributed by atoms with E-state index in [1.807, 2.05) is 6.07 Å². The lowest BCUT2D eigenvalue weighted by molar-refractivity contribution is -0.384. The molecular weight excluding hydrogens is 324 g/mol. The highest BCUT2D eigenvalue weighted by Gasteiger charge is 2.10. The van der Waals surface area contributed by atoms with Gasteiger partial charge in [-0.25, -0.2) is 4.98 Å². The Morgan fingerprint density at radius 2 is 2.00 bits per heavy atom. The van der Waals surface area contributed by atoms with Crippen LogP contribution in [-0.4, -0.2) is 21.1 Å². The SMILES string of the molecule is N#Cc1ccc(OCCn2cnc3ccc([N+](=O)[O-])cc3c2=O)cc1. The predicted molar refractivity (Wildman–Crippen MR) is 89.3 cm³/mol. The van der Waals surface area contributed by atoms with E-state index in [2.05, 4.69) is 4.98 Å². The zero-order valence-electron chi connectivity index (χ0n) is 13.0. The number of nitro benzene ring substituents is 1. The number of non-ortho nitro benzene ring substituents is 1. The van der Waals surface area contributed by atoms with Crippen LogP contribution in [0.3, 0.4) is 0 Å². The second-order valence-corrected chi connectivity index (χ2v) is 5.19. The van der Waals surface area contributed by atoms with Crippen molar-refractivity contribution in [3.8, 4) is 11.8 Å². The summed E-state index contributed by atoms with van der Waals surface area (Å²) in [4.78, 5) is 26.9. The monoisotopic (exact) mass is 336 g/mol. The first-order valence-corrected chi connectivity index (χ1v) is 7.35. The number of fused-ring (bicyclic) bond motifs is 1. The third-order valence-electron chi connectivity index (χ3n) is 3.60. The number of hydrogen-bond donors (Lipinski definition) is 0. The van der Waals surface area contributed by atoms with Gasteiger partial charge in [0.1, 0.15) is 12.4 Å². The standard InChI is InChI=1S/C17H12N4O4/c18-10-12-1-4-14(5-2-12)25-8-7-20-11-19-16-6-3-13(21(23)24)9-15(16)17(20)22/h1-6,9,11H,7-8H2. The quantitative estimate of drug-likeness (QED) is 0.522. The minimum absolute atomic E-state index is 0.155. The van der Waals surface area contributed by atoms with Gasteiger partial charge in [0.15, 0.2) is 0 Å². The molecule has 0 bridgehead atoms. The summed E-state index contributed by atoms with van der Waals surface area (Å²) in [5, 5.41) is 19.8. The molecule has 0 radical (unpaired) electrons. The molecule has 1 aromatic heterocycles. The van der Waals surface area contributed by atoms with Crippen molar-refractivity contribution in [2.75, 3.05) is 6.61 Å². The second-order valence-electron chi connectivity index (χ2n) is 5.19. The maximum atomic E-state index is 12.4. The Balaban J connectivity index is 1.77. The fraction of sp³-hybridized carbons (Fsp3) is 0.118. The lowest BCUT2D eigenvalue weighted by atomic mass is 10.2. The van der Waals surface area contributed by atoms with E-state index in [4.69, 9.17) is 10.00 Å². The third kappa shape index (κ3) is 3.45. The maximum absolute atomic E-state index is 12.4. The summed E-state index contributed by atoms with van der Waals surface area (Å²) in [5.74, 6) is 0.580. The topological polar surface area (TPSA) is 111 Å². The zero-order chi connectivity index (χ0) is 17.8. The fourth-order valence-electron chi connectivity index (χ4n) is 2.31. The number of nitro groups is 1. The molecule has 0 saturated heterocycles. The first-order valence-electron chi connectivity index (χ1n) is 7.35. The van der Waals surface area contributed by atoms with Crippen LogP contribution in [0.2, 0.25) is 0 Å². The molecule has 3 rings (SSSR count). The lowest BCUT2D eigenvalue weighted by Gasteiger charge is -2.08. The molecule has 0 atom stereocenters. The Hall–Kier alpha value is -3.73. The first kappa shape index (κ1) is 16.1. The molecule has 0 spiro atoms. The highest BCUT2D eigenvalue weighted by atomic mass is 16.6. The van der Waals surface area contributed by atoms with Gasteiger partial charge in [0.25, 0.3) is 11.2 Å². The van der Waals surface area contributed by atoms with Crippen molar-refractivity contribution in [1.82, 2.24) is 9.55 Å². The normalized spacial score (nSPS) is 10.4. The smallest absolute Gasteiger partial charge is 0.270 e. The summed E-state index contributed by atoms with van der Waals surface area (Å²) in [6.07, 6.45) is 1.39. The van der Waals surface area contributed by atoms with E-state index in [-0.39, 0.29) is 29.8 Å². The van der Waals surface area contributed by atoms with Crippen LogP contribution in [0.4, 0.5) is 5.69 Å². The van der Waals surface area contributed by atoms with Crippen molar-refractivity contribution >= 4 is 16.6 Å². The average molecular weight is 336 g/mol. The van der Waals surface area contributed by atoms with Crippen LogP contribution in [0.25, 0.3) is 10.9 Å². The Morgan fingerprint density at radius 3 is 2.68 bits per heavy atom. The molecule has 25 heavy (non-hydrogen) atoms. The fourth-order valence-corrected chi connectivity index (χ4v) is 2.31.